The molecule has 0 saturated heterocycles. The smallest absolute Gasteiger partial charge is 0.265 e. The van der Waals surface area contributed by atoms with Crippen molar-refractivity contribution in [3.8, 4) is 0 Å². The molecular weight excluding hydrogens is 351 g/mol. The summed E-state index contributed by atoms with van der Waals surface area (Å²) in [7, 11) is 0. The van der Waals surface area contributed by atoms with E-state index < -0.39 is 11.7 Å². The van der Waals surface area contributed by atoms with Crippen LogP contribution in [-0.2, 0) is 6.18 Å². The van der Waals surface area contributed by atoms with Crippen LogP contribution in [0.4, 0.5) is 13.2 Å². The van der Waals surface area contributed by atoms with Gasteiger partial charge in [0.2, 0.25) is 0 Å². The van der Waals surface area contributed by atoms with E-state index in [1.54, 1.807) is 24.8 Å². The number of aliphatic imine (C=N–C) groups is 1. The Morgan fingerprint density at radius 3 is 1.78 bits per heavy atom. The number of hydrogen-bond donors (Lipinski definition) is 0. The van der Waals surface area contributed by atoms with E-state index in [1.165, 1.54) is 12.1 Å². The van der Waals surface area contributed by atoms with E-state index in [-0.39, 0.29) is 0 Å². The van der Waals surface area contributed by atoms with E-state index in [4.69, 9.17) is 4.99 Å². The van der Waals surface area contributed by atoms with Gasteiger partial charge in [-0.25, -0.2) is 0 Å². The predicted octanol–water partition coefficient (Wildman–Crippen LogP) is 5.26. The van der Waals surface area contributed by atoms with Crippen LogP contribution in [0.5, 0.6) is 0 Å². The lowest BCUT2D eigenvalue weighted by Crippen LogP contribution is -2.06. The molecule has 0 amide bonds. The van der Waals surface area contributed by atoms with Crippen molar-refractivity contribution >= 4 is 17.0 Å². The Bertz CT molecular complexity index is 1010. The van der Waals surface area contributed by atoms with Gasteiger partial charge < -0.3 is 0 Å². The summed E-state index contributed by atoms with van der Waals surface area (Å²) in [5.74, 6) is 0. The van der Waals surface area contributed by atoms with Crippen LogP contribution in [0.2, 0.25) is 0 Å². The highest BCUT2D eigenvalue weighted by molar-refractivity contribution is 6.16. The first-order valence-electron chi connectivity index (χ1n) is 8.31. The molecule has 0 fully saturated rings. The number of allylic oxidation sites excluding steroid dienone is 1. The van der Waals surface area contributed by atoms with Crippen LogP contribution in [-0.4, -0.2) is 15.7 Å². The topological polar surface area (TPSA) is 38.1 Å². The zero-order chi connectivity index (χ0) is 18.9. The Morgan fingerprint density at radius 1 is 0.667 bits per heavy atom. The number of nitrogens with zero attached hydrogens (tertiary/aromatic N) is 3. The van der Waals surface area contributed by atoms with Gasteiger partial charge in [-0.1, -0.05) is 12.1 Å². The molecule has 0 unspecified atom stereocenters. The first kappa shape index (κ1) is 17.1. The number of pyridine rings is 2. The van der Waals surface area contributed by atoms with Gasteiger partial charge in [0.05, 0.1) is 17.0 Å². The van der Waals surface area contributed by atoms with Gasteiger partial charge in [0.15, 0.2) is 0 Å². The molecule has 3 aromatic rings. The molecule has 0 saturated carbocycles. The van der Waals surface area contributed by atoms with Crippen LogP contribution in [0.15, 0.2) is 78.3 Å². The van der Waals surface area contributed by atoms with E-state index in [0.717, 1.165) is 40.2 Å². The minimum atomic E-state index is -4.35. The first-order valence-corrected chi connectivity index (χ1v) is 8.31. The SMILES string of the molecule is FC(F)(F)c1ccc(C2=NC(c3ccncc3)=C(c3ccncc3)C2)cc1. The third kappa shape index (κ3) is 3.51. The maximum Gasteiger partial charge on any atom is 0.416 e. The summed E-state index contributed by atoms with van der Waals surface area (Å²) in [4.78, 5) is 12.8. The molecule has 0 atom stereocenters. The molecule has 6 heteroatoms. The summed E-state index contributed by atoms with van der Waals surface area (Å²) in [6, 6.07) is 12.7. The molecule has 1 aliphatic rings. The van der Waals surface area contributed by atoms with Crippen molar-refractivity contribution < 1.29 is 13.2 Å². The number of alkyl halides is 3. The highest BCUT2D eigenvalue weighted by Crippen LogP contribution is 2.37. The summed E-state index contributed by atoms with van der Waals surface area (Å²) in [5.41, 5.74) is 4.47. The fraction of sp³-hybridized carbons (Fsp3) is 0.0952. The van der Waals surface area contributed by atoms with Crippen molar-refractivity contribution in [2.24, 2.45) is 4.99 Å². The Labute approximate surface area is 154 Å². The summed E-state index contributed by atoms with van der Waals surface area (Å²) in [6.07, 6.45) is 2.99. The van der Waals surface area contributed by atoms with Gasteiger partial charge in [0.25, 0.3) is 0 Å². The average Bonchev–Trinajstić information content (AvgIpc) is 3.14. The van der Waals surface area contributed by atoms with Crippen LogP contribution < -0.4 is 0 Å². The summed E-state index contributed by atoms with van der Waals surface area (Å²) >= 11 is 0. The summed E-state index contributed by atoms with van der Waals surface area (Å²) < 4.78 is 38.4. The maximum absolute atomic E-state index is 12.8. The molecule has 0 aliphatic carbocycles. The highest BCUT2D eigenvalue weighted by Gasteiger charge is 2.30. The van der Waals surface area contributed by atoms with E-state index in [9.17, 15) is 13.2 Å². The maximum atomic E-state index is 12.8. The number of halogens is 3. The zero-order valence-corrected chi connectivity index (χ0v) is 14.1. The van der Waals surface area contributed by atoms with Crippen LogP contribution in [0.1, 0.15) is 28.7 Å². The molecule has 0 bridgehead atoms. The van der Waals surface area contributed by atoms with Gasteiger partial charge in [0, 0.05) is 36.8 Å². The molecule has 3 heterocycles. The van der Waals surface area contributed by atoms with Crippen molar-refractivity contribution in [1.29, 1.82) is 0 Å². The third-order valence-corrected chi connectivity index (χ3v) is 4.40. The van der Waals surface area contributed by atoms with Gasteiger partial charge in [-0.2, -0.15) is 13.2 Å². The normalized spacial score (nSPS) is 14.4. The molecule has 0 N–H and O–H groups in total. The average molecular weight is 365 g/mol. The Kier molecular flexibility index (Phi) is 4.32. The minimum Gasteiger partial charge on any atom is -0.265 e. The molecule has 3 nitrogen and oxygen atoms in total. The van der Waals surface area contributed by atoms with Crippen LogP contribution >= 0.6 is 0 Å². The molecule has 0 spiro atoms. The van der Waals surface area contributed by atoms with Gasteiger partial charge in [-0.3, -0.25) is 15.0 Å². The van der Waals surface area contributed by atoms with Crippen LogP contribution in [0.25, 0.3) is 11.3 Å². The van der Waals surface area contributed by atoms with E-state index in [1.807, 2.05) is 24.3 Å². The molecule has 1 aliphatic heterocycles. The molecular formula is C21H14F3N3. The number of benzene rings is 1. The van der Waals surface area contributed by atoms with Crippen molar-refractivity contribution in [3.05, 3.63) is 95.6 Å². The van der Waals surface area contributed by atoms with Crippen molar-refractivity contribution in [1.82, 2.24) is 9.97 Å². The molecule has 4 rings (SSSR count). The van der Waals surface area contributed by atoms with Crippen molar-refractivity contribution in [2.45, 2.75) is 12.6 Å². The Morgan fingerprint density at radius 2 is 1.22 bits per heavy atom. The summed E-state index contributed by atoms with van der Waals surface area (Å²) in [6.45, 7) is 0. The van der Waals surface area contributed by atoms with E-state index in [0.29, 0.717) is 12.0 Å². The second-order valence-electron chi connectivity index (χ2n) is 6.11. The van der Waals surface area contributed by atoms with Gasteiger partial charge in [0.1, 0.15) is 0 Å². The van der Waals surface area contributed by atoms with Gasteiger partial charge >= 0.3 is 6.18 Å². The second kappa shape index (κ2) is 6.79. The predicted molar refractivity (Wildman–Crippen MR) is 97.9 cm³/mol. The molecule has 27 heavy (non-hydrogen) atoms. The standard InChI is InChI=1S/C21H14F3N3/c22-21(23,24)17-3-1-15(2-4-17)19-13-18(14-5-9-25-10-6-14)20(27-19)16-7-11-26-12-8-16/h1-12H,13H2. The lowest BCUT2D eigenvalue weighted by molar-refractivity contribution is -0.137. The second-order valence-corrected chi connectivity index (χ2v) is 6.11. The largest absolute Gasteiger partial charge is 0.416 e. The third-order valence-electron chi connectivity index (χ3n) is 4.40. The fourth-order valence-electron chi connectivity index (χ4n) is 3.05. The number of rotatable bonds is 3. The quantitative estimate of drug-likeness (QED) is 0.635. The van der Waals surface area contributed by atoms with E-state index in [2.05, 4.69) is 9.97 Å². The van der Waals surface area contributed by atoms with Crippen LogP contribution in [0.3, 0.4) is 0 Å². The minimum absolute atomic E-state index is 0.535. The summed E-state index contributed by atoms with van der Waals surface area (Å²) in [5, 5.41) is 0. The van der Waals surface area contributed by atoms with Crippen molar-refractivity contribution in [2.75, 3.05) is 0 Å². The molecule has 134 valence electrons. The Balaban J connectivity index is 1.74. The van der Waals surface area contributed by atoms with Gasteiger partial charge in [-0.15, -0.1) is 0 Å². The first-order chi connectivity index (χ1) is 13.0. The molecule has 1 aromatic carbocycles. The number of hydrogen-bond acceptors (Lipinski definition) is 3. The molecule has 2 aromatic heterocycles. The van der Waals surface area contributed by atoms with E-state index >= 15 is 0 Å². The monoisotopic (exact) mass is 365 g/mol. The lowest BCUT2D eigenvalue weighted by atomic mass is 9.96. The fourth-order valence-corrected chi connectivity index (χ4v) is 3.05. The van der Waals surface area contributed by atoms with Crippen LogP contribution in [0, 0.1) is 0 Å². The Hall–Kier alpha value is -3.28. The zero-order valence-electron chi connectivity index (χ0n) is 14.1. The number of aromatic nitrogens is 2. The highest BCUT2D eigenvalue weighted by atomic mass is 19.4. The van der Waals surface area contributed by atoms with Crippen molar-refractivity contribution in [3.63, 3.8) is 0 Å². The molecule has 0 radical (unpaired) electrons. The lowest BCUT2D eigenvalue weighted by Gasteiger charge is -2.08. The van der Waals surface area contributed by atoms with Gasteiger partial charge in [-0.05, 0) is 53.1 Å².